The van der Waals surface area contributed by atoms with Crippen LogP contribution in [0, 0.1) is 10.1 Å². The highest BCUT2D eigenvalue weighted by atomic mass is 35.5. The SMILES string of the molecule is COc1ccc2c(Cl)c(C(=O)OC(C)C(=O)Nc3cc([N+](=O)[O-])ccc3OC)sc2c1. The monoisotopic (exact) mass is 464 g/mol. The smallest absolute Gasteiger partial charge is 0.350 e. The molecule has 0 bridgehead atoms. The van der Waals surface area contributed by atoms with Gasteiger partial charge in [0.1, 0.15) is 16.4 Å². The highest BCUT2D eigenvalue weighted by Gasteiger charge is 2.25. The number of ether oxygens (including phenoxy) is 3. The van der Waals surface area contributed by atoms with Crippen LogP contribution in [0.4, 0.5) is 11.4 Å². The van der Waals surface area contributed by atoms with Gasteiger partial charge < -0.3 is 19.5 Å². The van der Waals surface area contributed by atoms with Gasteiger partial charge in [-0.05, 0) is 31.2 Å². The Kier molecular flexibility index (Phi) is 6.62. The Balaban J connectivity index is 1.76. The third-order valence-electron chi connectivity index (χ3n) is 4.33. The molecule has 0 spiro atoms. The maximum Gasteiger partial charge on any atom is 0.350 e. The molecule has 9 nitrogen and oxygen atoms in total. The molecule has 0 saturated carbocycles. The highest BCUT2D eigenvalue weighted by Crippen LogP contribution is 2.38. The largest absolute Gasteiger partial charge is 0.497 e. The van der Waals surface area contributed by atoms with Crippen molar-refractivity contribution in [2.45, 2.75) is 13.0 Å². The summed E-state index contributed by atoms with van der Waals surface area (Å²) in [7, 11) is 2.89. The van der Waals surface area contributed by atoms with Gasteiger partial charge in [-0.15, -0.1) is 11.3 Å². The van der Waals surface area contributed by atoms with Crippen LogP contribution in [0.1, 0.15) is 16.6 Å². The van der Waals surface area contributed by atoms with Crippen molar-refractivity contribution < 1.29 is 28.7 Å². The number of halogens is 1. The lowest BCUT2D eigenvalue weighted by atomic mass is 10.2. The summed E-state index contributed by atoms with van der Waals surface area (Å²) in [5.41, 5.74) is -0.148. The van der Waals surface area contributed by atoms with Crippen molar-refractivity contribution in [3.8, 4) is 11.5 Å². The number of nitro benzene ring substituents is 1. The zero-order valence-electron chi connectivity index (χ0n) is 16.6. The summed E-state index contributed by atoms with van der Waals surface area (Å²) in [5.74, 6) is -0.618. The third kappa shape index (κ3) is 4.70. The lowest BCUT2D eigenvalue weighted by Gasteiger charge is -2.15. The molecular formula is C20H17ClN2O7S. The lowest BCUT2D eigenvalue weighted by Crippen LogP contribution is -2.30. The number of hydrogen-bond acceptors (Lipinski definition) is 8. The number of nitrogens with zero attached hydrogens (tertiary/aromatic N) is 1. The van der Waals surface area contributed by atoms with Gasteiger partial charge >= 0.3 is 5.97 Å². The number of hydrogen-bond donors (Lipinski definition) is 1. The maximum atomic E-state index is 12.6. The molecule has 162 valence electrons. The van der Waals surface area contributed by atoms with Gasteiger partial charge in [-0.2, -0.15) is 0 Å². The second-order valence-corrected chi connectivity index (χ2v) is 7.72. The molecule has 31 heavy (non-hydrogen) atoms. The first kappa shape index (κ1) is 22.3. The maximum absolute atomic E-state index is 12.6. The van der Waals surface area contributed by atoms with Gasteiger partial charge in [-0.25, -0.2) is 4.79 Å². The standard InChI is InChI=1S/C20H17ClN2O7S/c1-10(19(24)22-14-8-11(23(26)27)4-7-15(14)29-3)30-20(25)18-17(21)13-6-5-12(28-2)9-16(13)31-18/h4-10H,1-3H3,(H,22,24). The average molecular weight is 465 g/mol. The van der Waals surface area contributed by atoms with E-state index in [9.17, 15) is 19.7 Å². The number of thiophene rings is 1. The predicted octanol–water partition coefficient (Wildman–Crippen LogP) is 4.66. The summed E-state index contributed by atoms with van der Waals surface area (Å²) >= 11 is 7.43. The molecule has 1 atom stereocenters. The number of fused-ring (bicyclic) bond motifs is 1. The highest BCUT2D eigenvalue weighted by molar-refractivity contribution is 7.21. The minimum absolute atomic E-state index is 0.0802. The Morgan fingerprint density at radius 2 is 1.90 bits per heavy atom. The van der Waals surface area contributed by atoms with E-state index in [0.29, 0.717) is 11.1 Å². The first-order chi connectivity index (χ1) is 14.7. The summed E-state index contributed by atoms with van der Waals surface area (Å²) in [5, 5.41) is 14.3. The number of nitrogens with one attached hydrogen (secondary N) is 1. The number of methoxy groups -OCH3 is 2. The Morgan fingerprint density at radius 3 is 2.55 bits per heavy atom. The molecule has 3 aromatic rings. The second kappa shape index (κ2) is 9.19. The Labute approximate surface area is 185 Å². The number of benzene rings is 2. The van der Waals surface area contributed by atoms with Crippen LogP contribution >= 0.6 is 22.9 Å². The molecule has 1 N–H and O–H groups in total. The quantitative estimate of drug-likeness (QED) is 0.307. The van der Waals surface area contributed by atoms with Crippen molar-refractivity contribution in [1.82, 2.24) is 0 Å². The predicted molar refractivity (Wildman–Crippen MR) is 117 cm³/mol. The molecule has 1 aromatic heterocycles. The molecular weight excluding hydrogens is 448 g/mol. The summed E-state index contributed by atoms with van der Waals surface area (Å²) in [4.78, 5) is 35.6. The molecule has 1 unspecified atom stereocenters. The van der Waals surface area contributed by atoms with Gasteiger partial charge in [0.2, 0.25) is 0 Å². The van der Waals surface area contributed by atoms with E-state index in [1.54, 1.807) is 18.2 Å². The first-order valence-electron chi connectivity index (χ1n) is 8.85. The molecule has 0 fully saturated rings. The molecule has 2 aromatic carbocycles. The van der Waals surface area contributed by atoms with Crippen LogP contribution in [-0.4, -0.2) is 37.1 Å². The van der Waals surface area contributed by atoms with E-state index >= 15 is 0 Å². The van der Waals surface area contributed by atoms with Crippen LogP contribution < -0.4 is 14.8 Å². The molecule has 3 rings (SSSR count). The zero-order chi connectivity index (χ0) is 22.7. The molecule has 11 heteroatoms. The summed E-state index contributed by atoms with van der Waals surface area (Å²) < 4.78 is 16.3. The molecule has 0 aliphatic rings. The zero-order valence-corrected chi connectivity index (χ0v) is 18.2. The minimum Gasteiger partial charge on any atom is -0.497 e. The lowest BCUT2D eigenvalue weighted by molar-refractivity contribution is -0.384. The number of amides is 1. The van der Waals surface area contributed by atoms with Crippen LogP contribution in [0.15, 0.2) is 36.4 Å². The average Bonchev–Trinajstić information content (AvgIpc) is 3.09. The number of anilines is 1. The van der Waals surface area contributed by atoms with E-state index in [1.165, 1.54) is 33.3 Å². The molecule has 1 heterocycles. The fourth-order valence-corrected chi connectivity index (χ4v) is 4.13. The fourth-order valence-electron chi connectivity index (χ4n) is 2.71. The van der Waals surface area contributed by atoms with Crippen LogP contribution in [0.25, 0.3) is 10.1 Å². The van der Waals surface area contributed by atoms with E-state index < -0.39 is 22.9 Å². The van der Waals surface area contributed by atoms with Crippen molar-refractivity contribution in [2.75, 3.05) is 19.5 Å². The van der Waals surface area contributed by atoms with Crippen LogP contribution in [-0.2, 0) is 9.53 Å². The van der Waals surface area contributed by atoms with Gasteiger partial charge in [0.15, 0.2) is 6.10 Å². The van der Waals surface area contributed by atoms with Crippen molar-refractivity contribution >= 4 is 56.3 Å². The van der Waals surface area contributed by atoms with E-state index in [2.05, 4.69) is 5.32 Å². The number of carbonyl (C=O) groups is 2. The minimum atomic E-state index is -1.20. The van der Waals surface area contributed by atoms with Gasteiger partial charge in [0.05, 0.1) is 29.9 Å². The van der Waals surface area contributed by atoms with Crippen LogP contribution in [0.5, 0.6) is 11.5 Å². The number of non-ortho nitro benzene ring substituents is 1. The molecule has 0 saturated heterocycles. The molecule has 0 aliphatic carbocycles. The third-order valence-corrected chi connectivity index (χ3v) is 5.96. The topological polar surface area (TPSA) is 117 Å². The van der Waals surface area contributed by atoms with Crippen LogP contribution in [0.3, 0.4) is 0 Å². The Morgan fingerprint density at radius 1 is 1.16 bits per heavy atom. The van der Waals surface area contributed by atoms with Crippen molar-refractivity contribution in [3.63, 3.8) is 0 Å². The van der Waals surface area contributed by atoms with Gasteiger partial charge in [0, 0.05) is 22.2 Å². The number of rotatable bonds is 7. The van der Waals surface area contributed by atoms with Crippen molar-refractivity contribution in [2.24, 2.45) is 0 Å². The summed E-state index contributed by atoms with van der Waals surface area (Å²) in [6, 6.07) is 8.95. The van der Waals surface area contributed by atoms with E-state index in [0.717, 1.165) is 22.1 Å². The summed E-state index contributed by atoms with van der Waals surface area (Å²) in [6.07, 6.45) is -1.20. The summed E-state index contributed by atoms with van der Waals surface area (Å²) in [6.45, 7) is 1.38. The molecule has 0 radical (unpaired) electrons. The van der Waals surface area contributed by atoms with Crippen LogP contribution in [0.2, 0.25) is 5.02 Å². The van der Waals surface area contributed by atoms with E-state index in [-0.39, 0.29) is 27.0 Å². The number of nitro groups is 1. The van der Waals surface area contributed by atoms with Gasteiger partial charge in [-0.3, -0.25) is 14.9 Å². The second-order valence-electron chi connectivity index (χ2n) is 6.29. The van der Waals surface area contributed by atoms with Gasteiger partial charge in [-0.1, -0.05) is 11.6 Å². The van der Waals surface area contributed by atoms with Crippen molar-refractivity contribution in [1.29, 1.82) is 0 Å². The Hall–Kier alpha value is -3.37. The number of carbonyl (C=O) groups excluding carboxylic acids is 2. The van der Waals surface area contributed by atoms with E-state index in [4.69, 9.17) is 25.8 Å². The van der Waals surface area contributed by atoms with Crippen molar-refractivity contribution in [3.05, 3.63) is 56.4 Å². The van der Waals surface area contributed by atoms with E-state index in [1.807, 2.05) is 0 Å². The molecule has 0 aliphatic heterocycles. The first-order valence-corrected chi connectivity index (χ1v) is 10.0. The fraction of sp³-hybridized carbons (Fsp3) is 0.200. The normalized spacial score (nSPS) is 11.6. The Bertz CT molecular complexity index is 1180. The molecule has 1 amide bonds. The number of esters is 1. The van der Waals surface area contributed by atoms with Gasteiger partial charge in [0.25, 0.3) is 11.6 Å².